The molecule has 150 valence electrons. The van der Waals surface area contributed by atoms with Gasteiger partial charge in [0.05, 0.1) is 4.90 Å². The van der Waals surface area contributed by atoms with Crippen LogP contribution in [-0.4, -0.2) is 13.0 Å². The molecule has 0 aromatic heterocycles. The summed E-state index contributed by atoms with van der Waals surface area (Å²) in [6.07, 6.45) is 11.4. The maximum atomic E-state index is 11.0. The Kier molecular flexibility index (Phi) is 10.5. The van der Waals surface area contributed by atoms with Crippen molar-refractivity contribution in [3.63, 3.8) is 0 Å². The molecule has 0 amide bonds. The van der Waals surface area contributed by atoms with Crippen LogP contribution in [0.15, 0.2) is 29.2 Å². The number of rotatable bonds is 13. The van der Waals surface area contributed by atoms with E-state index < -0.39 is 10.1 Å². The summed E-state index contributed by atoms with van der Waals surface area (Å²) in [5, 5.41) is 0. The third-order valence-corrected chi connectivity index (χ3v) is 6.12. The lowest BCUT2D eigenvalue weighted by molar-refractivity contribution is 0.389. The Labute approximate surface area is 161 Å². The van der Waals surface area contributed by atoms with E-state index in [0.717, 1.165) is 36.2 Å². The lowest BCUT2D eigenvalue weighted by atomic mass is 9.91. The van der Waals surface area contributed by atoms with Crippen molar-refractivity contribution < 1.29 is 13.0 Å². The number of benzene rings is 1. The molecule has 0 fully saturated rings. The van der Waals surface area contributed by atoms with Gasteiger partial charge in [-0.25, -0.2) is 0 Å². The van der Waals surface area contributed by atoms with E-state index in [2.05, 4.69) is 27.7 Å². The molecule has 0 radical (unpaired) electrons. The van der Waals surface area contributed by atoms with Crippen molar-refractivity contribution in [1.29, 1.82) is 0 Å². The average molecular weight is 383 g/mol. The number of aryl methyl sites for hydroxylation is 1. The maximum Gasteiger partial charge on any atom is 0.294 e. The van der Waals surface area contributed by atoms with Gasteiger partial charge in [-0.2, -0.15) is 8.42 Å². The zero-order valence-electron chi connectivity index (χ0n) is 17.1. The monoisotopic (exact) mass is 382 g/mol. The highest BCUT2D eigenvalue weighted by Crippen LogP contribution is 2.21. The van der Waals surface area contributed by atoms with Crippen molar-refractivity contribution in [1.82, 2.24) is 0 Å². The van der Waals surface area contributed by atoms with Gasteiger partial charge in [-0.1, -0.05) is 84.8 Å². The Morgan fingerprint density at radius 3 is 1.69 bits per heavy atom. The summed E-state index contributed by atoms with van der Waals surface area (Å²) in [5.74, 6) is 2.42. The normalized spacial score (nSPS) is 14.5. The van der Waals surface area contributed by atoms with Crippen molar-refractivity contribution >= 4 is 10.1 Å². The van der Waals surface area contributed by atoms with Gasteiger partial charge in [-0.15, -0.1) is 0 Å². The van der Waals surface area contributed by atoms with Crippen LogP contribution in [0.4, 0.5) is 0 Å². The van der Waals surface area contributed by atoms with E-state index in [9.17, 15) is 8.42 Å². The van der Waals surface area contributed by atoms with Crippen LogP contribution in [0.2, 0.25) is 0 Å². The molecule has 0 aliphatic carbocycles. The zero-order valence-corrected chi connectivity index (χ0v) is 17.9. The van der Waals surface area contributed by atoms with Crippen LogP contribution >= 0.6 is 0 Å². The van der Waals surface area contributed by atoms with Crippen LogP contribution in [-0.2, 0) is 16.5 Å². The molecular weight excluding hydrogens is 344 g/mol. The summed E-state index contributed by atoms with van der Waals surface area (Å²) < 4.78 is 31.1. The largest absolute Gasteiger partial charge is 0.294 e. The van der Waals surface area contributed by atoms with Gasteiger partial charge >= 0.3 is 0 Å². The molecule has 26 heavy (non-hydrogen) atoms. The van der Waals surface area contributed by atoms with E-state index in [0.29, 0.717) is 0 Å². The van der Waals surface area contributed by atoms with Gasteiger partial charge in [-0.05, 0) is 48.3 Å². The molecule has 3 nitrogen and oxygen atoms in total. The molecule has 0 saturated carbocycles. The second-order valence-electron chi connectivity index (χ2n) is 8.48. The minimum absolute atomic E-state index is 0.0304. The standard InChI is InChI=1S/C22H38O3S/c1-18(2)8-5-9-19(3)10-6-11-20(4)12-7-13-21-14-16-22(17-15-21)26(23,24)25/h14-20H,5-13H2,1-4H3,(H,23,24,25). The second kappa shape index (κ2) is 11.8. The van der Waals surface area contributed by atoms with Crippen LogP contribution in [0.25, 0.3) is 0 Å². The van der Waals surface area contributed by atoms with E-state index in [4.69, 9.17) is 4.55 Å². The Morgan fingerprint density at radius 2 is 1.23 bits per heavy atom. The Bertz CT molecular complexity index is 590. The first-order chi connectivity index (χ1) is 12.2. The minimum Gasteiger partial charge on any atom is -0.282 e. The van der Waals surface area contributed by atoms with Crippen LogP contribution < -0.4 is 0 Å². The third-order valence-electron chi connectivity index (χ3n) is 5.26. The highest BCUT2D eigenvalue weighted by molar-refractivity contribution is 7.85. The second-order valence-corrected chi connectivity index (χ2v) is 9.90. The molecule has 0 bridgehead atoms. The van der Waals surface area contributed by atoms with E-state index in [1.165, 1.54) is 57.1 Å². The minimum atomic E-state index is -4.08. The quantitative estimate of drug-likeness (QED) is 0.395. The van der Waals surface area contributed by atoms with Gasteiger partial charge in [-0.3, -0.25) is 4.55 Å². The van der Waals surface area contributed by atoms with Crippen molar-refractivity contribution in [3.8, 4) is 0 Å². The van der Waals surface area contributed by atoms with E-state index in [1.54, 1.807) is 12.1 Å². The van der Waals surface area contributed by atoms with Crippen LogP contribution in [0.1, 0.15) is 84.6 Å². The molecule has 4 heteroatoms. The number of hydrogen-bond acceptors (Lipinski definition) is 2. The lowest BCUT2D eigenvalue weighted by Crippen LogP contribution is -2.01. The predicted octanol–water partition coefficient (Wildman–Crippen LogP) is 6.52. The van der Waals surface area contributed by atoms with Crippen LogP contribution in [0.5, 0.6) is 0 Å². The zero-order chi connectivity index (χ0) is 19.6. The van der Waals surface area contributed by atoms with Crippen LogP contribution in [0.3, 0.4) is 0 Å². The fourth-order valence-corrected chi connectivity index (χ4v) is 3.94. The van der Waals surface area contributed by atoms with Crippen molar-refractivity contribution in [2.75, 3.05) is 0 Å². The summed E-state index contributed by atoms with van der Waals surface area (Å²) in [4.78, 5) is -0.0304. The van der Waals surface area contributed by atoms with Gasteiger partial charge in [0.2, 0.25) is 0 Å². The van der Waals surface area contributed by atoms with Crippen molar-refractivity contribution in [3.05, 3.63) is 29.8 Å². The molecule has 1 rings (SSSR count). The number of hydrogen-bond donors (Lipinski definition) is 1. The average Bonchev–Trinajstić information content (AvgIpc) is 2.54. The molecule has 0 aliphatic rings. The van der Waals surface area contributed by atoms with Gasteiger partial charge < -0.3 is 0 Å². The molecule has 0 heterocycles. The smallest absolute Gasteiger partial charge is 0.282 e. The van der Waals surface area contributed by atoms with E-state index in [-0.39, 0.29) is 4.90 Å². The van der Waals surface area contributed by atoms with E-state index >= 15 is 0 Å². The first-order valence-corrected chi connectivity index (χ1v) is 11.7. The summed E-state index contributed by atoms with van der Waals surface area (Å²) >= 11 is 0. The van der Waals surface area contributed by atoms with Crippen molar-refractivity contribution in [2.45, 2.75) is 90.4 Å². The molecule has 2 atom stereocenters. The fourth-order valence-electron chi connectivity index (χ4n) is 3.46. The topological polar surface area (TPSA) is 54.4 Å². The van der Waals surface area contributed by atoms with Gasteiger partial charge in [0, 0.05) is 0 Å². The molecule has 0 aliphatic heterocycles. The Hall–Kier alpha value is -0.870. The van der Waals surface area contributed by atoms with Gasteiger partial charge in [0.15, 0.2) is 0 Å². The van der Waals surface area contributed by atoms with Crippen molar-refractivity contribution in [2.24, 2.45) is 17.8 Å². The van der Waals surface area contributed by atoms with Crippen LogP contribution in [0, 0.1) is 17.8 Å². The molecule has 0 saturated heterocycles. The first kappa shape index (κ1) is 23.2. The predicted molar refractivity (Wildman–Crippen MR) is 110 cm³/mol. The molecule has 2 unspecified atom stereocenters. The molecule has 1 N–H and O–H groups in total. The highest BCUT2D eigenvalue weighted by atomic mass is 32.2. The van der Waals surface area contributed by atoms with Gasteiger partial charge in [0.25, 0.3) is 10.1 Å². The SMILES string of the molecule is CC(C)CCCC(C)CCCC(C)CCCc1ccc(S(=O)(=O)O)cc1. The summed E-state index contributed by atoms with van der Waals surface area (Å²) in [5.41, 5.74) is 1.13. The fraction of sp³-hybridized carbons (Fsp3) is 0.727. The molecular formula is C22H38O3S. The first-order valence-electron chi connectivity index (χ1n) is 10.2. The summed E-state index contributed by atoms with van der Waals surface area (Å²) in [6, 6.07) is 6.56. The summed E-state index contributed by atoms with van der Waals surface area (Å²) in [6.45, 7) is 9.33. The molecule has 1 aromatic rings. The lowest BCUT2D eigenvalue weighted by Gasteiger charge is -2.15. The third kappa shape index (κ3) is 10.3. The molecule has 1 aromatic carbocycles. The summed E-state index contributed by atoms with van der Waals surface area (Å²) in [7, 11) is -4.08. The highest BCUT2D eigenvalue weighted by Gasteiger charge is 2.09. The van der Waals surface area contributed by atoms with Gasteiger partial charge in [0.1, 0.15) is 0 Å². The maximum absolute atomic E-state index is 11.0. The Morgan fingerprint density at radius 1 is 0.769 bits per heavy atom. The van der Waals surface area contributed by atoms with E-state index in [1.807, 2.05) is 0 Å². The Balaban J connectivity index is 2.15. The molecule has 0 spiro atoms.